The number of cyclic esters (lactones) is 1. The standard InChI is InChI=1S/C20H19N3O2S/c1-13-8-9-16(12-14(13)2)23-18(15-6-4-3-5-7-15)21-22-20(23)26-17-10-11-25-19(17)24/h3-9,12,17H,10-11H2,1-2H3/t17-/m1/s1. The van der Waals surface area contributed by atoms with Crippen LogP contribution in [0.3, 0.4) is 0 Å². The molecule has 0 radical (unpaired) electrons. The quantitative estimate of drug-likeness (QED) is 0.655. The van der Waals surface area contributed by atoms with Gasteiger partial charge < -0.3 is 4.74 Å². The maximum atomic E-state index is 11.9. The third-order valence-corrected chi connectivity index (χ3v) is 5.74. The van der Waals surface area contributed by atoms with Gasteiger partial charge in [0.15, 0.2) is 11.0 Å². The van der Waals surface area contributed by atoms with Crippen molar-refractivity contribution in [2.24, 2.45) is 0 Å². The third kappa shape index (κ3) is 3.12. The molecule has 0 N–H and O–H groups in total. The number of nitrogens with zero attached hydrogens (tertiary/aromatic N) is 3. The second-order valence-corrected chi connectivity index (χ2v) is 7.51. The Hall–Kier alpha value is -2.60. The highest BCUT2D eigenvalue weighted by atomic mass is 32.2. The molecule has 4 rings (SSSR count). The molecule has 132 valence electrons. The minimum absolute atomic E-state index is 0.175. The van der Waals surface area contributed by atoms with E-state index in [1.165, 1.54) is 22.9 Å². The monoisotopic (exact) mass is 365 g/mol. The number of thioether (sulfide) groups is 1. The number of esters is 1. The van der Waals surface area contributed by atoms with E-state index < -0.39 is 0 Å². The van der Waals surface area contributed by atoms with Crippen LogP contribution in [0.1, 0.15) is 17.5 Å². The fourth-order valence-corrected chi connectivity index (χ4v) is 3.95. The molecule has 2 aromatic carbocycles. The highest BCUT2D eigenvalue weighted by Crippen LogP contribution is 2.33. The molecule has 1 aliphatic heterocycles. The minimum atomic E-state index is -0.229. The van der Waals surface area contributed by atoms with E-state index >= 15 is 0 Å². The zero-order valence-corrected chi connectivity index (χ0v) is 15.5. The predicted octanol–water partition coefficient (Wildman–Crippen LogP) is 3.96. The second kappa shape index (κ2) is 6.96. The van der Waals surface area contributed by atoms with E-state index in [4.69, 9.17) is 4.74 Å². The van der Waals surface area contributed by atoms with Crippen molar-refractivity contribution in [3.05, 3.63) is 59.7 Å². The second-order valence-electron chi connectivity index (χ2n) is 6.34. The van der Waals surface area contributed by atoms with Crippen LogP contribution in [0.4, 0.5) is 0 Å². The summed E-state index contributed by atoms with van der Waals surface area (Å²) in [4.78, 5) is 11.9. The Morgan fingerprint density at radius 1 is 1.08 bits per heavy atom. The summed E-state index contributed by atoms with van der Waals surface area (Å²) in [6.45, 7) is 4.65. The molecule has 1 fully saturated rings. The minimum Gasteiger partial charge on any atom is -0.465 e. The number of carbonyl (C=O) groups excluding carboxylic acids is 1. The van der Waals surface area contributed by atoms with Crippen molar-refractivity contribution < 1.29 is 9.53 Å². The highest BCUT2D eigenvalue weighted by molar-refractivity contribution is 8.00. The van der Waals surface area contributed by atoms with Crippen LogP contribution in [-0.2, 0) is 9.53 Å². The molecular weight excluding hydrogens is 346 g/mol. The van der Waals surface area contributed by atoms with Crippen molar-refractivity contribution in [2.45, 2.75) is 30.7 Å². The average Bonchev–Trinajstić information content (AvgIpc) is 3.25. The first-order valence-electron chi connectivity index (χ1n) is 8.55. The number of hydrogen-bond acceptors (Lipinski definition) is 5. The first kappa shape index (κ1) is 16.8. The van der Waals surface area contributed by atoms with Gasteiger partial charge in [-0.25, -0.2) is 0 Å². The molecule has 0 bridgehead atoms. The molecule has 5 nitrogen and oxygen atoms in total. The summed E-state index contributed by atoms with van der Waals surface area (Å²) in [5.41, 5.74) is 4.41. The van der Waals surface area contributed by atoms with E-state index in [1.54, 1.807) is 0 Å². The van der Waals surface area contributed by atoms with Gasteiger partial charge >= 0.3 is 5.97 Å². The Bertz CT molecular complexity index is 953. The van der Waals surface area contributed by atoms with Crippen molar-refractivity contribution in [3.63, 3.8) is 0 Å². The van der Waals surface area contributed by atoms with Gasteiger partial charge in [-0.15, -0.1) is 10.2 Å². The Morgan fingerprint density at radius 2 is 1.88 bits per heavy atom. The zero-order valence-electron chi connectivity index (χ0n) is 14.7. The molecule has 26 heavy (non-hydrogen) atoms. The molecule has 6 heteroatoms. The summed E-state index contributed by atoms with van der Waals surface area (Å²) >= 11 is 1.42. The molecule has 1 atom stereocenters. The first-order chi connectivity index (χ1) is 12.6. The van der Waals surface area contributed by atoms with Crippen LogP contribution < -0.4 is 0 Å². The van der Waals surface area contributed by atoms with Crippen molar-refractivity contribution in [2.75, 3.05) is 6.61 Å². The fraction of sp³-hybridized carbons (Fsp3) is 0.250. The fourth-order valence-electron chi connectivity index (χ4n) is 2.93. The summed E-state index contributed by atoms with van der Waals surface area (Å²) in [7, 11) is 0. The van der Waals surface area contributed by atoms with Gasteiger partial charge in [0.25, 0.3) is 0 Å². The first-order valence-corrected chi connectivity index (χ1v) is 9.43. The van der Waals surface area contributed by atoms with Crippen molar-refractivity contribution in [1.82, 2.24) is 14.8 Å². The van der Waals surface area contributed by atoms with Gasteiger partial charge in [-0.3, -0.25) is 9.36 Å². The predicted molar refractivity (Wildman–Crippen MR) is 101 cm³/mol. The van der Waals surface area contributed by atoms with E-state index in [2.05, 4.69) is 42.2 Å². The summed E-state index contributed by atoms with van der Waals surface area (Å²) in [5.74, 6) is 0.591. The third-order valence-electron chi connectivity index (χ3n) is 4.55. The lowest BCUT2D eigenvalue weighted by Gasteiger charge is -2.13. The van der Waals surface area contributed by atoms with Crippen molar-refractivity contribution >= 4 is 17.7 Å². The topological polar surface area (TPSA) is 57.0 Å². The van der Waals surface area contributed by atoms with Crippen LogP contribution in [0.25, 0.3) is 17.1 Å². The average molecular weight is 365 g/mol. The molecule has 2 heterocycles. The lowest BCUT2D eigenvalue weighted by Crippen LogP contribution is -2.11. The van der Waals surface area contributed by atoms with Crippen LogP contribution in [0.5, 0.6) is 0 Å². The van der Waals surface area contributed by atoms with Crippen molar-refractivity contribution in [3.8, 4) is 17.1 Å². The Kier molecular flexibility index (Phi) is 4.51. The van der Waals surface area contributed by atoms with Gasteiger partial charge in [-0.05, 0) is 37.1 Å². The van der Waals surface area contributed by atoms with Gasteiger partial charge in [0.2, 0.25) is 0 Å². The molecule has 0 unspecified atom stereocenters. The Morgan fingerprint density at radius 3 is 2.58 bits per heavy atom. The number of hydrogen-bond donors (Lipinski definition) is 0. The van der Waals surface area contributed by atoms with Crippen LogP contribution in [0, 0.1) is 13.8 Å². The van der Waals surface area contributed by atoms with Crippen LogP contribution in [0.15, 0.2) is 53.7 Å². The van der Waals surface area contributed by atoms with E-state index in [0.29, 0.717) is 18.2 Å². The number of carbonyl (C=O) groups is 1. The molecule has 1 aliphatic rings. The van der Waals surface area contributed by atoms with E-state index in [-0.39, 0.29) is 11.2 Å². The molecule has 0 saturated carbocycles. The molecule has 1 aromatic heterocycles. The summed E-state index contributed by atoms with van der Waals surface area (Å²) < 4.78 is 7.12. The summed E-state index contributed by atoms with van der Waals surface area (Å²) in [6, 6.07) is 16.3. The number of benzene rings is 2. The highest BCUT2D eigenvalue weighted by Gasteiger charge is 2.30. The molecule has 1 saturated heterocycles. The van der Waals surface area contributed by atoms with Crippen LogP contribution >= 0.6 is 11.8 Å². The number of aromatic nitrogens is 3. The maximum Gasteiger partial charge on any atom is 0.319 e. The zero-order chi connectivity index (χ0) is 18.1. The van der Waals surface area contributed by atoms with Gasteiger partial charge in [0.1, 0.15) is 5.25 Å². The van der Waals surface area contributed by atoms with E-state index in [9.17, 15) is 4.79 Å². The molecule has 0 amide bonds. The normalized spacial score (nSPS) is 16.7. The lowest BCUT2D eigenvalue weighted by atomic mass is 10.1. The van der Waals surface area contributed by atoms with Gasteiger partial charge in [0, 0.05) is 12.0 Å². The number of aryl methyl sites for hydroxylation is 2. The van der Waals surface area contributed by atoms with Crippen LogP contribution in [-0.4, -0.2) is 32.6 Å². The molecular formula is C20H19N3O2S. The van der Waals surface area contributed by atoms with E-state index in [0.717, 1.165) is 17.1 Å². The summed E-state index contributed by atoms with van der Waals surface area (Å²) in [6.07, 6.45) is 0.698. The molecule has 3 aromatic rings. The number of rotatable bonds is 4. The van der Waals surface area contributed by atoms with Gasteiger partial charge in [-0.1, -0.05) is 48.2 Å². The largest absolute Gasteiger partial charge is 0.465 e. The SMILES string of the molecule is Cc1ccc(-n2c(S[C@@H]3CCOC3=O)nnc2-c2ccccc2)cc1C. The van der Waals surface area contributed by atoms with Crippen LogP contribution in [0.2, 0.25) is 0 Å². The Balaban J connectivity index is 1.82. The molecule has 0 spiro atoms. The smallest absolute Gasteiger partial charge is 0.319 e. The summed E-state index contributed by atoms with van der Waals surface area (Å²) in [5, 5.41) is 9.29. The molecule has 0 aliphatic carbocycles. The van der Waals surface area contributed by atoms with Gasteiger partial charge in [-0.2, -0.15) is 0 Å². The maximum absolute atomic E-state index is 11.9. The van der Waals surface area contributed by atoms with Gasteiger partial charge in [0.05, 0.1) is 12.3 Å². The Labute approximate surface area is 156 Å². The van der Waals surface area contributed by atoms with Crippen molar-refractivity contribution in [1.29, 1.82) is 0 Å². The van der Waals surface area contributed by atoms with E-state index in [1.807, 2.05) is 34.9 Å². The lowest BCUT2D eigenvalue weighted by molar-refractivity contribution is -0.137. The number of ether oxygens (including phenoxy) is 1.